The van der Waals surface area contributed by atoms with E-state index < -0.39 is 0 Å². The summed E-state index contributed by atoms with van der Waals surface area (Å²) in [5.74, 6) is 1.25. The van der Waals surface area contributed by atoms with Crippen LogP contribution in [-0.2, 0) is 11.3 Å². The number of benzene rings is 1. The van der Waals surface area contributed by atoms with Gasteiger partial charge >= 0.3 is 0 Å². The van der Waals surface area contributed by atoms with Gasteiger partial charge in [0.25, 0.3) is 0 Å². The Bertz CT molecular complexity index is 828. The topological polar surface area (TPSA) is 63.5 Å². The number of hydrogen-bond acceptors (Lipinski definition) is 3. The van der Waals surface area contributed by atoms with Crippen molar-refractivity contribution in [1.82, 2.24) is 20.2 Å². The van der Waals surface area contributed by atoms with Crippen LogP contribution in [0.15, 0.2) is 35.6 Å². The molecule has 1 saturated carbocycles. The minimum Gasteiger partial charge on any atom is -0.385 e. The molecule has 2 N–H and O–H groups in total. The first-order chi connectivity index (χ1) is 14.1. The summed E-state index contributed by atoms with van der Waals surface area (Å²) in [6.07, 6.45) is 8.23. The van der Waals surface area contributed by atoms with E-state index in [0.29, 0.717) is 17.6 Å². The predicted octanol–water partition coefficient (Wildman–Crippen LogP) is 3.58. The number of methoxy groups -OCH3 is 1. The standard InChI is InChI=1S/C22H32FN5O/c1-4-24-21(27-16-22(8-5-9-22)10-13-29-3)26-15-18-6-7-20(19(23)14-18)28-12-11-25-17(28)2/h6-7,11-12,14H,4-5,8-10,13,15-16H2,1-3H3,(H2,24,26,27). The number of aryl methyl sites for hydroxylation is 1. The Labute approximate surface area is 172 Å². The summed E-state index contributed by atoms with van der Waals surface area (Å²) in [4.78, 5) is 8.81. The number of nitrogens with zero attached hydrogens (tertiary/aromatic N) is 3. The highest BCUT2D eigenvalue weighted by molar-refractivity contribution is 5.79. The number of hydrogen-bond donors (Lipinski definition) is 2. The van der Waals surface area contributed by atoms with Crippen LogP contribution in [0.25, 0.3) is 5.69 Å². The molecule has 0 atom stereocenters. The van der Waals surface area contributed by atoms with E-state index in [0.717, 1.165) is 43.5 Å². The maximum absolute atomic E-state index is 14.6. The van der Waals surface area contributed by atoms with Gasteiger partial charge in [0, 0.05) is 39.2 Å². The zero-order chi connectivity index (χ0) is 20.7. The summed E-state index contributed by atoms with van der Waals surface area (Å²) in [7, 11) is 1.75. The van der Waals surface area contributed by atoms with E-state index >= 15 is 0 Å². The Morgan fingerprint density at radius 2 is 2.17 bits per heavy atom. The van der Waals surface area contributed by atoms with Crippen molar-refractivity contribution in [3.63, 3.8) is 0 Å². The van der Waals surface area contributed by atoms with Gasteiger partial charge in [0.1, 0.15) is 11.6 Å². The molecule has 0 bridgehead atoms. The first-order valence-electron chi connectivity index (χ1n) is 10.4. The lowest BCUT2D eigenvalue weighted by Crippen LogP contribution is -2.46. The fourth-order valence-electron chi connectivity index (χ4n) is 3.77. The number of nitrogens with one attached hydrogen (secondary N) is 2. The Balaban J connectivity index is 1.64. The molecule has 6 nitrogen and oxygen atoms in total. The minimum absolute atomic E-state index is 0.273. The van der Waals surface area contributed by atoms with Gasteiger partial charge in [-0.1, -0.05) is 12.5 Å². The summed E-state index contributed by atoms with van der Waals surface area (Å²) in [5, 5.41) is 6.76. The van der Waals surface area contributed by atoms with Crippen molar-refractivity contribution in [3.05, 3.63) is 47.8 Å². The second-order valence-corrected chi connectivity index (χ2v) is 7.78. The lowest BCUT2D eigenvalue weighted by atomic mass is 9.67. The highest BCUT2D eigenvalue weighted by Gasteiger charge is 2.36. The number of imidazole rings is 1. The summed E-state index contributed by atoms with van der Waals surface area (Å²) in [6.45, 7) is 6.77. The molecular weight excluding hydrogens is 369 g/mol. The van der Waals surface area contributed by atoms with Crippen molar-refractivity contribution >= 4 is 5.96 Å². The number of aromatic nitrogens is 2. The van der Waals surface area contributed by atoms with E-state index in [1.165, 1.54) is 19.3 Å². The summed E-state index contributed by atoms with van der Waals surface area (Å²) in [6, 6.07) is 5.24. The van der Waals surface area contributed by atoms with Crippen LogP contribution < -0.4 is 10.6 Å². The molecular formula is C22H32FN5O. The van der Waals surface area contributed by atoms with Crippen molar-refractivity contribution in [2.45, 2.75) is 46.1 Å². The summed E-state index contributed by atoms with van der Waals surface area (Å²) in [5.41, 5.74) is 1.64. The first-order valence-corrected chi connectivity index (χ1v) is 10.4. The second-order valence-electron chi connectivity index (χ2n) is 7.78. The van der Waals surface area contributed by atoms with Gasteiger partial charge in [-0.05, 0) is 56.2 Å². The Morgan fingerprint density at radius 3 is 2.76 bits per heavy atom. The van der Waals surface area contributed by atoms with Gasteiger partial charge in [-0.15, -0.1) is 0 Å². The third-order valence-electron chi connectivity index (χ3n) is 5.74. The molecule has 3 rings (SSSR count). The largest absolute Gasteiger partial charge is 0.385 e. The van der Waals surface area contributed by atoms with Crippen LogP contribution in [0.4, 0.5) is 4.39 Å². The number of ether oxygens (including phenoxy) is 1. The van der Waals surface area contributed by atoms with Crippen LogP contribution in [0, 0.1) is 18.2 Å². The van der Waals surface area contributed by atoms with Crippen molar-refractivity contribution in [2.75, 3.05) is 26.8 Å². The van der Waals surface area contributed by atoms with Crippen molar-refractivity contribution in [1.29, 1.82) is 0 Å². The lowest BCUT2D eigenvalue weighted by molar-refractivity contribution is 0.0732. The molecule has 158 valence electrons. The molecule has 1 fully saturated rings. The SMILES string of the molecule is CCNC(=NCc1ccc(-n2ccnc2C)c(F)c1)NCC1(CCOC)CCC1. The summed E-state index contributed by atoms with van der Waals surface area (Å²) >= 11 is 0. The first kappa shape index (κ1) is 21.3. The minimum atomic E-state index is -0.273. The Morgan fingerprint density at radius 1 is 1.34 bits per heavy atom. The predicted molar refractivity (Wildman–Crippen MR) is 114 cm³/mol. The molecule has 1 aliphatic rings. The van der Waals surface area contributed by atoms with Gasteiger partial charge in [-0.2, -0.15) is 0 Å². The molecule has 0 saturated heterocycles. The van der Waals surface area contributed by atoms with Gasteiger partial charge in [0.2, 0.25) is 0 Å². The lowest BCUT2D eigenvalue weighted by Gasteiger charge is -2.42. The molecule has 0 aliphatic heterocycles. The van der Waals surface area contributed by atoms with Crippen LogP contribution in [0.2, 0.25) is 0 Å². The third-order valence-corrected chi connectivity index (χ3v) is 5.74. The van der Waals surface area contributed by atoms with Crippen molar-refractivity contribution in [2.24, 2.45) is 10.4 Å². The van der Waals surface area contributed by atoms with E-state index in [2.05, 4.69) is 20.6 Å². The fraction of sp³-hybridized carbons (Fsp3) is 0.545. The zero-order valence-corrected chi connectivity index (χ0v) is 17.7. The second kappa shape index (κ2) is 9.87. The molecule has 0 radical (unpaired) electrons. The number of aliphatic imine (C=N–C) groups is 1. The Kier molecular flexibility index (Phi) is 7.25. The van der Waals surface area contributed by atoms with Crippen LogP contribution in [-0.4, -0.2) is 42.3 Å². The average molecular weight is 402 g/mol. The maximum Gasteiger partial charge on any atom is 0.191 e. The molecule has 1 aromatic carbocycles. The van der Waals surface area contributed by atoms with Gasteiger partial charge in [-0.25, -0.2) is 14.4 Å². The van der Waals surface area contributed by atoms with Crippen molar-refractivity contribution < 1.29 is 9.13 Å². The fourth-order valence-corrected chi connectivity index (χ4v) is 3.77. The third kappa shape index (κ3) is 5.35. The smallest absolute Gasteiger partial charge is 0.191 e. The molecule has 29 heavy (non-hydrogen) atoms. The van der Waals surface area contributed by atoms with E-state index in [-0.39, 0.29) is 5.82 Å². The van der Waals surface area contributed by atoms with Gasteiger partial charge in [-0.3, -0.25) is 0 Å². The van der Waals surface area contributed by atoms with E-state index in [4.69, 9.17) is 4.74 Å². The molecule has 7 heteroatoms. The number of rotatable bonds is 9. The van der Waals surface area contributed by atoms with E-state index in [9.17, 15) is 4.39 Å². The average Bonchev–Trinajstić information content (AvgIpc) is 3.10. The number of guanidine groups is 1. The van der Waals surface area contributed by atoms with Gasteiger partial charge in [0.15, 0.2) is 5.96 Å². The zero-order valence-electron chi connectivity index (χ0n) is 17.7. The quantitative estimate of drug-likeness (QED) is 0.498. The van der Waals surface area contributed by atoms with Gasteiger partial charge < -0.3 is 19.9 Å². The van der Waals surface area contributed by atoms with Crippen LogP contribution in [0.3, 0.4) is 0 Å². The summed E-state index contributed by atoms with van der Waals surface area (Å²) < 4.78 is 21.6. The molecule has 0 unspecified atom stereocenters. The molecule has 1 aliphatic carbocycles. The molecule has 0 amide bonds. The normalized spacial score (nSPS) is 15.8. The molecule has 1 heterocycles. The molecule has 2 aromatic rings. The maximum atomic E-state index is 14.6. The molecule has 1 aromatic heterocycles. The van der Waals surface area contributed by atoms with Gasteiger partial charge in [0.05, 0.1) is 12.2 Å². The van der Waals surface area contributed by atoms with E-state index in [1.807, 2.05) is 19.9 Å². The van der Waals surface area contributed by atoms with Crippen LogP contribution in [0.5, 0.6) is 0 Å². The molecule has 0 spiro atoms. The van der Waals surface area contributed by atoms with Crippen LogP contribution in [0.1, 0.15) is 44.0 Å². The van der Waals surface area contributed by atoms with Crippen LogP contribution >= 0.6 is 0 Å². The highest BCUT2D eigenvalue weighted by atomic mass is 19.1. The van der Waals surface area contributed by atoms with Crippen molar-refractivity contribution in [3.8, 4) is 5.69 Å². The number of halogens is 1. The highest BCUT2D eigenvalue weighted by Crippen LogP contribution is 2.43. The Hall–Kier alpha value is -2.41. The van der Waals surface area contributed by atoms with E-state index in [1.54, 1.807) is 36.2 Å². The monoisotopic (exact) mass is 401 g/mol.